The van der Waals surface area contributed by atoms with Gasteiger partial charge in [-0.3, -0.25) is 14.5 Å². The van der Waals surface area contributed by atoms with Crippen molar-refractivity contribution in [3.63, 3.8) is 0 Å². The Kier molecular flexibility index (Phi) is 8.07. The van der Waals surface area contributed by atoms with E-state index in [1.165, 1.54) is 11.8 Å². The number of anilines is 2. The average Bonchev–Trinajstić information content (AvgIpc) is 3.45. The Morgan fingerprint density at radius 2 is 2.16 bits per heavy atom. The molecule has 2 aromatic heterocycles. The van der Waals surface area contributed by atoms with Crippen LogP contribution in [0.1, 0.15) is 5.82 Å². The van der Waals surface area contributed by atoms with Crippen molar-refractivity contribution in [2.24, 2.45) is 5.16 Å². The Labute approximate surface area is 220 Å². The summed E-state index contributed by atoms with van der Waals surface area (Å²) in [5.41, 5.74) is 11.1. The molecule has 204 valence electrons. The maximum atomic E-state index is 13.0. The number of oxime groups is 1. The van der Waals surface area contributed by atoms with Crippen LogP contribution in [0.3, 0.4) is 0 Å². The molecule has 0 aliphatic carbocycles. The highest BCUT2D eigenvalue weighted by molar-refractivity contribution is 8.00. The number of fused-ring (bicyclic) bond motifs is 1. The number of nitrogens with zero attached hydrogens (tertiary/aromatic N) is 6. The second kappa shape index (κ2) is 11.3. The van der Waals surface area contributed by atoms with Crippen molar-refractivity contribution >= 4 is 57.7 Å². The second-order valence-electron chi connectivity index (χ2n) is 7.89. The first-order chi connectivity index (χ1) is 18.1. The van der Waals surface area contributed by atoms with Gasteiger partial charge in [-0.1, -0.05) is 5.16 Å². The molecule has 38 heavy (non-hydrogen) atoms. The molecule has 1 saturated heterocycles. The lowest BCUT2D eigenvalue weighted by Gasteiger charge is -2.49. The fourth-order valence-corrected chi connectivity index (χ4v) is 5.62. The van der Waals surface area contributed by atoms with E-state index in [-0.39, 0.29) is 42.1 Å². The van der Waals surface area contributed by atoms with Crippen LogP contribution in [0.25, 0.3) is 0 Å². The maximum absolute atomic E-state index is 13.0. The number of amides is 2. The lowest BCUT2D eigenvalue weighted by Crippen LogP contribution is -2.71. The number of nitrogens with two attached hydrogens (primary N) is 2. The number of β-lactam (4-membered cyclic amide) rings is 1. The number of alkyl halides is 2. The molecule has 15 nitrogen and oxygen atoms in total. The predicted octanol–water partition coefficient (Wildman–Crippen LogP) is -1.79. The summed E-state index contributed by atoms with van der Waals surface area (Å²) in [7, 11) is 0. The fraction of sp³-hybridized carbons (Fsp3) is 0.421. The summed E-state index contributed by atoms with van der Waals surface area (Å²) >= 11 is 1.95. The van der Waals surface area contributed by atoms with E-state index < -0.39 is 47.9 Å². The number of aromatic nitrogens is 4. The number of carbonyl (C=O) groups is 3. The molecule has 4 rings (SSSR count). The molecule has 0 saturated carbocycles. The van der Waals surface area contributed by atoms with E-state index >= 15 is 0 Å². The largest absolute Gasteiger partial charge is 0.477 e. The number of thioether (sulfide) groups is 1. The van der Waals surface area contributed by atoms with Gasteiger partial charge in [0.15, 0.2) is 30.3 Å². The molecule has 2 atom stereocenters. The van der Waals surface area contributed by atoms with Gasteiger partial charge in [0.1, 0.15) is 23.7 Å². The molecule has 2 aliphatic rings. The standard InChI is InChI=1S/C19H21F2N9O6S2/c20-9(21)6-36-26-11(14-25-19(23)38-27-14)15(32)24-12-16(33)30-13(18(34)35)8(7-37-17(12)30)5-28-2-1-10(22)29(28)3-4-31/h1-2,9,12,17,22,31H,3-7H2,(H4,23,24,25,27,32,34,35)/p+1/t12-,17-/m1/s1. The number of carboxylic acids is 1. The number of carbonyl (C=O) groups excluding carboxylic acids is 2. The van der Waals surface area contributed by atoms with E-state index in [9.17, 15) is 33.4 Å². The van der Waals surface area contributed by atoms with Crippen molar-refractivity contribution in [1.82, 2.24) is 24.3 Å². The summed E-state index contributed by atoms with van der Waals surface area (Å²) in [4.78, 5) is 47.4. The van der Waals surface area contributed by atoms with Gasteiger partial charge in [0.25, 0.3) is 18.2 Å². The second-order valence-corrected chi connectivity index (χ2v) is 9.77. The van der Waals surface area contributed by atoms with Crippen molar-refractivity contribution in [1.29, 1.82) is 0 Å². The van der Waals surface area contributed by atoms with Gasteiger partial charge in [-0.2, -0.15) is 9.36 Å². The first-order valence-electron chi connectivity index (χ1n) is 10.9. The number of hydrogen-bond donors (Lipinski definition) is 5. The summed E-state index contributed by atoms with van der Waals surface area (Å²) in [6, 6.07) is 0.464. The third-order valence-corrected chi connectivity index (χ3v) is 7.33. The SMILES string of the molecule is Nc1nc(C(=NOCC(F)F)C(=O)N[C@@H]2C(=O)N3C(C(=O)O)=C(C[n+]4ccc(N)n4CCO)CS[C@H]23)ns1. The topological polar surface area (TPSA) is 215 Å². The highest BCUT2D eigenvalue weighted by Crippen LogP contribution is 2.40. The van der Waals surface area contributed by atoms with Crippen LogP contribution in [0.5, 0.6) is 0 Å². The quantitative estimate of drug-likeness (QED) is 0.0874. The molecule has 0 bridgehead atoms. The Morgan fingerprint density at radius 1 is 1.39 bits per heavy atom. The molecule has 4 heterocycles. The van der Waals surface area contributed by atoms with E-state index in [2.05, 4.69) is 24.7 Å². The van der Waals surface area contributed by atoms with Crippen LogP contribution in [-0.2, 0) is 32.3 Å². The highest BCUT2D eigenvalue weighted by Gasteiger charge is 2.55. The van der Waals surface area contributed by atoms with Crippen LogP contribution in [0, 0.1) is 0 Å². The lowest BCUT2D eigenvalue weighted by molar-refractivity contribution is -0.767. The van der Waals surface area contributed by atoms with Gasteiger partial charge in [-0.25, -0.2) is 13.6 Å². The molecular weight excluding hydrogens is 552 g/mol. The molecule has 0 aromatic carbocycles. The zero-order valence-electron chi connectivity index (χ0n) is 19.4. The summed E-state index contributed by atoms with van der Waals surface area (Å²) in [6.45, 7) is -1.00. The van der Waals surface area contributed by atoms with Crippen LogP contribution >= 0.6 is 23.3 Å². The minimum absolute atomic E-state index is 0.0170. The van der Waals surface area contributed by atoms with Gasteiger partial charge >= 0.3 is 5.97 Å². The van der Waals surface area contributed by atoms with Crippen molar-refractivity contribution in [3.05, 3.63) is 29.4 Å². The number of nitrogen functional groups attached to an aromatic ring is 2. The molecule has 0 radical (unpaired) electrons. The van der Waals surface area contributed by atoms with Crippen LogP contribution in [0.15, 0.2) is 28.7 Å². The van der Waals surface area contributed by atoms with Crippen molar-refractivity contribution in [2.75, 3.05) is 30.4 Å². The summed E-state index contributed by atoms with van der Waals surface area (Å²) in [6.07, 6.45) is -1.22. The van der Waals surface area contributed by atoms with Gasteiger partial charge in [0.2, 0.25) is 11.5 Å². The zero-order valence-corrected chi connectivity index (χ0v) is 21.0. The molecule has 2 amide bonds. The molecular formula is C19H22F2N9O6S2+. The Hall–Kier alpha value is -3.84. The van der Waals surface area contributed by atoms with Crippen LogP contribution < -0.4 is 21.5 Å². The number of aliphatic carboxylic acids is 1. The highest BCUT2D eigenvalue weighted by atomic mass is 32.2. The van der Waals surface area contributed by atoms with Crippen LogP contribution in [-0.4, -0.2) is 89.5 Å². The van der Waals surface area contributed by atoms with E-state index in [0.29, 0.717) is 11.4 Å². The van der Waals surface area contributed by atoms with E-state index in [4.69, 9.17) is 11.5 Å². The van der Waals surface area contributed by atoms with Gasteiger partial charge in [0, 0.05) is 22.9 Å². The first-order valence-corrected chi connectivity index (χ1v) is 12.7. The number of nitrogens with one attached hydrogen (secondary N) is 1. The number of hydrogen-bond acceptors (Lipinski definition) is 12. The van der Waals surface area contributed by atoms with Crippen molar-refractivity contribution < 1.29 is 42.9 Å². The number of halogens is 2. The average molecular weight is 575 g/mol. The van der Waals surface area contributed by atoms with Gasteiger partial charge < -0.3 is 31.8 Å². The lowest BCUT2D eigenvalue weighted by atomic mass is 10.0. The third kappa shape index (κ3) is 5.38. The van der Waals surface area contributed by atoms with Gasteiger partial charge in [-0.15, -0.1) is 21.1 Å². The molecule has 19 heteroatoms. The van der Waals surface area contributed by atoms with Crippen LogP contribution in [0.4, 0.5) is 19.7 Å². The van der Waals surface area contributed by atoms with E-state index in [1.54, 1.807) is 21.6 Å². The van der Waals surface area contributed by atoms with Crippen molar-refractivity contribution in [2.45, 2.75) is 30.9 Å². The monoisotopic (exact) mass is 574 g/mol. The maximum Gasteiger partial charge on any atom is 0.352 e. The fourth-order valence-electron chi connectivity index (χ4n) is 3.85. The molecule has 1 fully saturated rings. The number of aliphatic hydroxyl groups excluding tert-OH is 1. The number of carboxylic acid groups (broad SMARTS) is 1. The van der Waals surface area contributed by atoms with Gasteiger partial charge in [0.05, 0.1) is 12.7 Å². The summed E-state index contributed by atoms with van der Waals surface area (Å²) in [5, 5.41) is 24.2. The Balaban J connectivity index is 1.53. The first kappa shape index (κ1) is 27.2. The summed E-state index contributed by atoms with van der Waals surface area (Å²) in [5.74, 6) is -2.72. The number of rotatable bonds is 11. The van der Waals surface area contributed by atoms with E-state index in [0.717, 1.165) is 16.4 Å². The normalized spacial score (nSPS) is 19.4. The molecule has 0 spiro atoms. The Morgan fingerprint density at radius 3 is 2.79 bits per heavy atom. The molecule has 0 unspecified atom stereocenters. The van der Waals surface area contributed by atoms with Crippen LogP contribution in [0.2, 0.25) is 0 Å². The third-order valence-electron chi connectivity index (χ3n) is 5.45. The molecule has 2 aliphatic heterocycles. The Bertz CT molecular complexity index is 1310. The van der Waals surface area contributed by atoms with Crippen molar-refractivity contribution in [3.8, 4) is 0 Å². The smallest absolute Gasteiger partial charge is 0.352 e. The molecule has 2 aromatic rings. The molecule has 7 N–H and O–H groups in total. The van der Waals surface area contributed by atoms with E-state index in [1.807, 2.05) is 0 Å². The van der Waals surface area contributed by atoms with Gasteiger partial charge in [-0.05, 0) is 0 Å². The number of aliphatic hydroxyl groups is 1. The zero-order chi connectivity index (χ0) is 27.6. The minimum atomic E-state index is -2.85. The predicted molar refractivity (Wildman–Crippen MR) is 129 cm³/mol. The summed E-state index contributed by atoms with van der Waals surface area (Å²) < 4.78 is 32.0. The minimum Gasteiger partial charge on any atom is -0.477 e.